The fourth-order valence-corrected chi connectivity index (χ4v) is 5.90. The molecule has 1 aliphatic heterocycles. The number of rotatable bonds is 10. The lowest BCUT2D eigenvalue weighted by molar-refractivity contribution is 0.204. The Labute approximate surface area is 203 Å². The van der Waals surface area contributed by atoms with Crippen LogP contribution in [0.3, 0.4) is 0 Å². The minimum atomic E-state index is -3.60. The van der Waals surface area contributed by atoms with Crippen molar-refractivity contribution < 1.29 is 13.2 Å². The van der Waals surface area contributed by atoms with Gasteiger partial charge in [-0.15, -0.1) is 12.4 Å². The zero-order valence-corrected chi connectivity index (χ0v) is 20.7. The summed E-state index contributed by atoms with van der Waals surface area (Å²) in [5, 5.41) is 0.528. The first-order chi connectivity index (χ1) is 15.0. The predicted molar refractivity (Wildman–Crippen MR) is 131 cm³/mol. The summed E-state index contributed by atoms with van der Waals surface area (Å²) in [4.78, 5) is 2.79. The molecule has 32 heavy (non-hydrogen) atoms. The van der Waals surface area contributed by atoms with E-state index < -0.39 is 10.0 Å². The van der Waals surface area contributed by atoms with Gasteiger partial charge in [-0.25, -0.2) is 8.42 Å². The molecule has 1 saturated heterocycles. The van der Waals surface area contributed by atoms with Gasteiger partial charge in [-0.3, -0.25) is 0 Å². The van der Waals surface area contributed by atoms with Gasteiger partial charge in [0.25, 0.3) is 0 Å². The number of piperidine rings is 1. The van der Waals surface area contributed by atoms with Crippen LogP contribution >= 0.6 is 24.0 Å². The minimum Gasteiger partial charge on any atom is -0.493 e. The van der Waals surface area contributed by atoms with Crippen molar-refractivity contribution in [2.75, 3.05) is 26.2 Å². The van der Waals surface area contributed by atoms with Crippen LogP contribution in [0.25, 0.3) is 0 Å². The van der Waals surface area contributed by atoms with E-state index in [-0.39, 0.29) is 23.3 Å². The van der Waals surface area contributed by atoms with Crippen molar-refractivity contribution in [3.63, 3.8) is 0 Å². The Morgan fingerprint density at radius 1 is 1.00 bits per heavy atom. The Balaban J connectivity index is 0.00000289. The van der Waals surface area contributed by atoms with Gasteiger partial charge in [-0.05, 0) is 75.5 Å². The van der Waals surface area contributed by atoms with E-state index >= 15 is 0 Å². The van der Waals surface area contributed by atoms with E-state index in [4.69, 9.17) is 16.3 Å². The van der Waals surface area contributed by atoms with Crippen LogP contribution in [0.2, 0.25) is 5.02 Å². The predicted octanol–water partition coefficient (Wildman–Crippen LogP) is 5.37. The molecule has 4 rings (SSSR count). The van der Waals surface area contributed by atoms with Crippen molar-refractivity contribution in [1.29, 1.82) is 0 Å². The van der Waals surface area contributed by atoms with E-state index in [1.165, 1.54) is 32.4 Å². The second-order valence-corrected chi connectivity index (χ2v) is 10.8. The molecule has 1 aliphatic carbocycles. The Bertz CT molecular complexity index is 959. The number of hydrogen-bond donors (Lipinski definition) is 0. The fourth-order valence-electron chi connectivity index (χ4n) is 4.11. The maximum absolute atomic E-state index is 13.3. The van der Waals surface area contributed by atoms with Gasteiger partial charge in [0.05, 0.1) is 11.5 Å². The number of nitrogens with zero attached hydrogens (tertiary/aromatic N) is 2. The normalized spacial score (nSPS) is 17.2. The summed E-state index contributed by atoms with van der Waals surface area (Å²) in [7, 11) is -3.60. The Hall–Kier alpha value is -1.31. The lowest BCUT2D eigenvalue weighted by Crippen LogP contribution is -2.33. The van der Waals surface area contributed by atoms with Crippen LogP contribution in [-0.2, 0) is 16.6 Å². The van der Waals surface area contributed by atoms with Crippen LogP contribution < -0.4 is 4.74 Å². The first-order valence-corrected chi connectivity index (χ1v) is 13.1. The van der Waals surface area contributed by atoms with E-state index in [1.54, 1.807) is 28.6 Å². The van der Waals surface area contributed by atoms with Gasteiger partial charge in [0, 0.05) is 29.7 Å². The van der Waals surface area contributed by atoms with Gasteiger partial charge in [-0.1, -0.05) is 36.2 Å². The molecule has 1 heterocycles. The summed E-state index contributed by atoms with van der Waals surface area (Å²) in [6.45, 7) is 4.39. The first kappa shape index (κ1) is 25.3. The summed E-state index contributed by atoms with van der Waals surface area (Å²) >= 11 is 5.95. The zero-order chi connectivity index (χ0) is 21.7. The van der Waals surface area contributed by atoms with E-state index in [1.807, 2.05) is 24.3 Å². The summed E-state index contributed by atoms with van der Waals surface area (Å²) in [6, 6.07) is 14.2. The number of ether oxygens (including phenoxy) is 1. The first-order valence-electron chi connectivity index (χ1n) is 11.2. The third kappa shape index (κ3) is 6.61. The van der Waals surface area contributed by atoms with Gasteiger partial charge in [0.1, 0.15) is 5.75 Å². The maximum Gasteiger partial charge on any atom is 0.243 e. The highest BCUT2D eigenvalue weighted by atomic mass is 35.5. The van der Waals surface area contributed by atoms with Crippen molar-refractivity contribution in [1.82, 2.24) is 9.21 Å². The molecule has 0 radical (unpaired) electrons. The number of sulfonamides is 1. The topological polar surface area (TPSA) is 49.9 Å². The minimum absolute atomic E-state index is 0. The van der Waals surface area contributed by atoms with Gasteiger partial charge in [-0.2, -0.15) is 4.31 Å². The van der Waals surface area contributed by atoms with Crippen molar-refractivity contribution in [3.05, 3.63) is 59.1 Å². The fraction of sp³-hybridized carbons (Fsp3) is 0.500. The van der Waals surface area contributed by atoms with E-state index in [9.17, 15) is 8.42 Å². The maximum atomic E-state index is 13.3. The molecule has 0 N–H and O–H groups in total. The molecule has 0 amide bonds. The lowest BCUT2D eigenvalue weighted by atomic mass is 10.1. The van der Waals surface area contributed by atoms with Gasteiger partial charge >= 0.3 is 0 Å². The highest BCUT2D eigenvalue weighted by molar-refractivity contribution is 7.89. The molecule has 2 fully saturated rings. The molecule has 2 aliphatic rings. The standard InChI is InChI=1S/C24H31ClN2O3S.ClH/c25-21-9-13-23(14-10-21)31(28,29)27(22-11-12-22)19-20-7-2-3-8-24(20)30-18-6-17-26-15-4-1-5-16-26;/h2-3,7-10,13-14,22H,1,4-6,11-12,15-19H2;1H. The van der Waals surface area contributed by atoms with E-state index in [2.05, 4.69) is 4.90 Å². The zero-order valence-electron chi connectivity index (χ0n) is 18.3. The number of halogens is 2. The molecule has 2 aromatic rings. The van der Waals surface area contributed by atoms with Crippen LogP contribution in [0.4, 0.5) is 0 Å². The molecule has 0 atom stereocenters. The second kappa shape index (κ2) is 11.7. The summed E-state index contributed by atoms with van der Waals surface area (Å²) < 4.78 is 34.3. The molecule has 0 spiro atoms. The number of hydrogen-bond acceptors (Lipinski definition) is 4. The van der Waals surface area contributed by atoms with Crippen LogP contribution in [0.1, 0.15) is 44.1 Å². The number of para-hydroxylation sites is 1. The quantitative estimate of drug-likeness (QED) is 0.413. The number of benzene rings is 2. The highest BCUT2D eigenvalue weighted by Gasteiger charge is 2.38. The Morgan fingerprint density at radius 2 is 1.69 bits per heavy atom. The molecule has 0 bridgehead atoms. The Kier molecular flexibility index (Phi) is 9.26. The Morgan fingerprint density at radius 3 is 2.38 bits per heavy atom. The molecule has 176 valence electrons. The lowest BCUT2D eigenvalue weighted by Gasteiger charge is -2.26. The molecule has 0 aromatic heterocycles. The third-order valence-corrected chi connectivity index (χ3v) is 8.16. The molecule has 8 heteroatoms. The summed E-state index contributed by atoms with van der Waals surface area (Å²) in [5.41, 5.74) is 0.907. The monoisotopic (exact) mass is 498 g/mol. The third-order valence-electron chi connectivity index (χ3n) is 6.00. The highest BCUT2D eigenvalue weighted by Crippen LogP contribution is 2.35. The van der Waals surface area contributed by atoms with E-state index in [0.717, 1.165) is 37.1 Å². The van der Waals surface area contributed by atoms with Crippen molar-refractivity contribution in [2.24, 2.45) is 0 Å². The van der Waals surface area contributed by atoms with Gasteiger partial charge in [0.15, 0.2) is 0 Å². The smallest absolute Gasteiger partial charge is 0.243 e. The molecule has 0 unspecified atom stereocenters. The van der Waals surface area contributed by atoms with Crippen molar-refractivity contribution in [2.45, 2.75) is 56.0 Å². The largest absolute Gasteiger partial charge is 0.493 e. The van der Waals surface area contributed by atoms with Crippen molar-refractivity contribution in [3.8, 4) is 5.75 Å². The van der Waals surface area contributed by atoms with Crippen molar-refractivity contribution >= 4 is 34.0 Å². The van der Waals surface area contributed by atoms with Crippen LogP contribution in [0, 0.1) is 0 Å². The molecule has 2 aromatic carbocycles. The molecule has 1 saturated carbocycles. The SMILES string of the molecule is Cl.O=S(=O)(c1ccc(Cl)cc1)N(Cc1ccccc1OCCCN1CCCCC1)C1CC1. The number of likely N-dealkylation sites (tertiary alicyclic amines) is 1. The van der Waals surface area contributed by atoms with Gasteiger partial charge < -0.3 is 9.64 Å². The van der Waals surface area contributed by atoms with Crippen LogP contribution in [0.5, 0.6) is 5.75 Å². The van der Waals surface area contributed by atoms with Gasteiger partial charge in [0.2, 0.25) is 10.0 Å². The van der Waals surface area contributed by atoms with Crippen LogP contribution in [-0.4, -0.2) is 49.9 Å². The molecular formula is C24H32Cl2N2O3S. The average molecular weight is 500 g/mol. The summed E-state index contributed by atoms with van der Waals surface area (Å²) in [6.07, 6.45) is 6.70. The second-order valence-electron chi connectivity index (χ2n) is 8.45. The van der Waals surface area contributed by atoms with E-state index in [0.29, 0.717) is 18.2 Å². The van der Waals surface area contributed by atoms with Crippen LogP contribution in [0.15, 0.2) is 53.4 Å². The molecular weight excluding hydrogens is 467 g/mol. The summed E-state index contributed by atoms with van der Waals surface area (Å²) in [5.74, 6) is 0.776. The average Bonchev–Trinajstić information content (AvgIpc) is 3.62. The molecule has 5 nitrogen and oxygen atoms in total.